The second kappa shape index (κ2) is 8.50. The predicted molar refractivity (Wildman–Crippen MR) is 93.2 cm³/mol. The first-order valence-electron chi connectivity index (χ1n) is 9.15. The summed E-state index contributed by atoms with van der Waals surface area (Å²) < 4.78 is 10.9. The molecule has 1 heterocycles. The van der Waals surface area contributed by atoms with Gasteiger partial charge in [-0.05, 0) is 44.6 Å². The number of rotatable bonds is 6. The van der Waals surface area contributed by atoms with Gasteiger partial charge in [0.05, 0.1) is 18.4 Å². The van der Waals surface area contributed by atoms with Crippen LogP contribution in [0.3, 0.4) is 0 Å². The summed E-state index contributed by atoms with van der Waals surface area (Å²) in [6.07, 6.45) is 8.92. The van der Waals surface area contributed by atoms with Gasteiger partial charge in [-0.15, -0.1) is 0 Å². The molecule has 1 aliphatic carbocycles. The molecule has 0 bridgehead atoms. The van der Waals surface area contributed by atoms with Crippen LogP contribution in [0.5, 0.6) is 0 Å². The number of carbonyl (C=O) groups excluding carboxylic acids is 2. The van der Waals surface area contributed by atoms with Crippen LogP contribution in [0.2, 0.25) is 0 Å². The zero-order valence-corrected chi connectivity index (χ0v) is 15.3. The molecular weight excluding hydrogens is 304 g/mol. The zero-order valence-electron chi connectivity index (χ0n) is 15.3. The lowest BCUT2D eigenvalue weighted by Crippen LogP contribution is -2.20. The monoisotopic (exact) mass is 334 g/mol. The molecule has 2 aliphatic rings. The lowest BCUT2D eigenvalue weighted by molar-refractivity contribution is -0.147. The van der Waals surface area contributed by atoms with Crippen molar-refractivity contribution in [3.63, 3.8) is 0 Å². The molecule has 0 unspecified atom stereocenters. The van der Waals surface area contributed by atoms with E-state index in [0.29, 0.717) is 18.9 Å². The first kappa shape index (κ1) is 18.8. The number of ether oxygens (including phenoxy) is 2. The van der Waals surface area contributed by atoms with E-state index in [1.165, 1.54) is 5.57 Å². The van der Waals surface area contributed by atoms with Gasteiger partial charge in [0.2, 0.25) is 0 Å². The van der Waals surface area contributed by atoms with Crippen molar-refractivity contribution in [3.05, 3.63) is 23.8 Å². The second-order valence-corrected chi connectivity index (χ2v) is 7.38. The number of allylic oxidation sites excluding steroid dienone is 1. The topological polar surface area (TPSA) is 52.6 Å². The minimum atomic E-state index is -0.224. The van der Waals surface area contributed by atoms with Gasteiger partial charge in [0.25, 0.3) is 0 Å². The van der Waals surface area contributed by atoms with E-state index in [1.807, 2.05) is 25.2 Å². The maximum absolute atomic E-state index is 12.2. The third-order valence-electron chi connectivity index (χ3n) is 5.02. The minimum Gasteiger partial charge on any atom is -0.465 e. The van der Waals surface area contributed by atoms with E-state index in [2.05, 4.69) is 20.8 Å². The van der Waals surface area contributed by atoms with Crippen molar-refractivity contribution in [2.75, 3.05) is 6.61 Å². The molecule has 4 heteroatoms. The van der Waals surface area contributed by atoms with Gasteiger partial charge in [-0.2, -0.15) is 0 Å². The van der Waals surface area contributed by atoms with Gasteiger partial charge in [-0.3, -0.25) is 9.59 Å². The predicted octanol–water partition coefficient (Wildman–Crippen LogP) is 4.06. The summed E-state index contributed by atoms with van der Waals surface area (Å²) in [7, 11) is 0. The average Bonchev–Trinajstić information content (AvgIpc) is 2.71. The number of esters is 2. The van der Waals surface area contributed by atoms with E-state index in [9.17, 15) is 9.59 Å². The van der Waals surface area contributed by atoms with Crippen molar-refractivity contribution < 1.29 is 19.1 Å². The summed E-state index contributed by atoms with van der Waals surface area (Å²) in [6.45, 7) is 8.83. The van der Waals surface area contributed by atoms with Crippen LogP contribution < -0.4 is 0 Å². The van der Waals surface area contributed by atoms with Crippen molar-refractivity contribution in [1.82, 2.24) is 0 Å². The van der Waals surface area contributed by atoms with Gasteiger partial charge in [0, 0.05) is 5.92 Å². The first-order chi connectivity index (χ1) is 11.4. The highest BCUT2D eigenvalue weighted by atomic mass is 16.6. The maximum Gasteiger partial charge on any atom is 0.313 e. The number of carbonyl (C=O) groups is 2. The smallest absolute Gasteiger partial charge is 0.313 e. The van der Waals surface area contributed by atoms with Crippen molar-refractivity contribution >= 4 is 11.9 Å². The van der Waals surface area contributed by atoms with Gasteiger partial charge in [0.15, 0.2) is 0 Å². The first-order valence-corrected chi connectivity index (χ1v) is 9.15. The van der Waals surface area contributed by atoms with Gasteiger partial charge in [0.1, 0.15) is 6.10 Å². The average molecular weight is 334 g/mol. The molecule has 0 saturated carbocycles. The van der Waals surface area contributed by atoms with E-state index in [1.54, 1.807) is 0 Å². The Labute approximate surface area is 145 Å². The van der Waals surface area contributed by atoms with E-state index in [0.717, 1.165) is 19.3 Å². The summed E-state index contributed by atoms with van der Waals surface area (Å²) >= 11 is 0. The Balaban J connectivity index is 1.98. The van der Waals surface area contributed by atoms with E-state index < -0.39 is 0 Å². The molecule has 0 aromatic carbocycles. The van der Waals surface area contributed by atoms with Crippen LogP contribution in [0.25, 0.3) is 0 Å². The van der Waals surface area contributed by atoms with Gasteiger partial charge in [-0.1, -0.05) is 38.5 Å². The highest BCUT2D eigenvalue weighted by Gasteiger charge is 2.43. The van der Waals surface area contributed by atoms with Crippen LogP contribution >= 0.6 is 0 Å². The SMILES string of the molecule is CC/C(C)=C/[C@H]1C(=O)O[C@@H]2C=C[C@@H](C(=O)OCCC(C)C)CC[C@H]21. The third kappa shape index (κ3) is 4.71. The van der Waals surface area contributed by atoms with Gasteiger partial charge >= 0.3 is 11.9 Å². The molecule has 0 aromatic rings. The molecule has 134 valence electrons. The van der Waals surface area contributed by atoms with Crippen LogP contribution in [0.1, 0.15) is 53.4 Å². The van der Waals surface area contributed by atoms with Crippen molar-refractivity contribution in [2.45, 2.75) is 59.5 Å². The van der Waals surface area contributed by atoms with Crippen LogP contribution in [0.15, 0.2) is 23.8 Å². The minimum absolute atomic E-state index is 0.128. The second-order valence-electron chi connectivity index (χ2n) is 7.38. The van der Waals surface area contributed by atoms with E-state index >= 15 is 0 Å². The van der Waals surface area contributed by atoms with Crippen LogP contribution in [-0.2, 0) is 19.1 Å². The molecule has 4 atom stereocenters. The highest BCUT2D eigenvalue weighted by molar-refractivity contribution is 5.78. The van der Waals surface area contributed by atoms with Gasteiger partial charge in [-0.25, -0.2) is 0 Å². The Morgan fingerprint density at radius 3 is 2.79 bits per heavy atom. The molecule has 24 heavy (non-hydrogen) atoms. The molecule has 1 fully saturated rings. The molecule has 1 saturated heterocycles. The van der Waals surface area contributed by atoms with Crippen molar-refractivity contribution in [3.8, 4) is 0 Å². The van der Waals surface area contributed by atoms with Crippen molar-refractivity contribution in [1.29, 1.82) is 0 Å². The maximum atomic E-state index is 12.2. The summed E-state index contributed by atoms with van der Waals surface area (Å²) in [6, 6.07) is 0. The molecular formula is C20H30O4. The normalized spacial score (nSPS) is 30.0. The molecule has 0 spiro atoms. The number of hydrogen-bond acceptors (Lipinski definition) is 4. The summed E-state index contributed by atoms with van der Waals surface area (Å²) in [5.41, 5.74) is 1.20. The summed E-state index contributed by atoms with van der Waals surface area (Å²) in [5, 5.41) is 0. The molecule has 4 nitrogen and oxygen atoms in total. The Morgan fingerprint density at radius 1 is 1.38 bits per heavy atom. The fourth-order valence-corrected chi connectivity index (χ4v) is 3.23. The van der Waals surface area contributed by atoms with E-state index in [4.69, 9.17) is 9.47 Å². The molecule has 0 N–H and O–H groups in total. The lowest BCUT2D eigenvalue weighted by Gasteiger charge is -2.16. The fourth-order valence-electron chi connectivity index (χ4n) is 3.23. The Bertz CT molecular complexity index is 518. The fraction of sp³-hybridized carbons (Fsp3) is 0.700. The zero-order chi connectivity index (χ0) is 17.7. The van der Waals surface area contributed by atoms with Crippen LogP contribution in [-0.4, -0.2) is 24.6 Å². The molecule has 2 rings (SSSR count). The largest absolute Gasteiger partial charge is 0.465 e. The molecule has 0 aromatic heterocycles. The van der Waals surface area contributed by atoms with Gasteiger partial charge < -0.3 is 9.47 Å². The summed E-state index contributed by atoms with van der Waals surface area (Å²) in [4.78, 5) is 24.4. The molecule has 0 radical (unpaired) electrons. The Kier molecular flexibility index (Phi) is 6.64. The summed E-state index contributed by atoms with van der Waals surface area (Å²) in [5.74, 6) is -0.0524. The molecule has 1 aliphatic heterocycles. The van der Waals surface area contributed by atoms with Crippen LogP contribution in [0.4, 0.5) is 0 Å². The standard InChI is InChI=1S/C20H30O4/c1-5-14(4)12-17-16-8-6-15(7-9-18(16)24-20(17)22)19(21)23-11-10-13(2)3/h7,9,12-13,15-18H,5-6,8,10-11H2,1-4H3/b14-12+/t15-,16-,17+,18+/m0/s1. The quantitative estimate of drug-likeness (QED) is 0.543. The highest BCUT2D eigenvalue weighted by Crippen LogP contribution is 2.38. The van der Waals surface area contributed by atoms with E-state index in [-0.39, 0.29) is 35.8 Å². The Hall–Kier alpha value is -1.58. The lowest BCUT2D eigenvalue weighted by atomic mass is 9.85. The van der Waals surface area contributed by atoms with Crippen LogP contribution in [0, 0.1) is 23.7 Å². The van der Waals surface area contributed by atoms with Crippen molar-refractivity contribution in [2.24, 2.45) is 23.7 Å². The number of fused-ring (bicyclic) bond motifs is 1. The molecule has 0 amide bonds. The third-order valence-corrected chi connectivity index (χ3v) is 5.02. The Morgan fingerprint density at radius 2 is 2.12 bits per heavy atom. The number of hydrogen-bond donors (Lipinski definition) is 0.